The molecule has 1 aliphatic rings. The van der Waals surface area contributed by atoms with Gasteiger partial charge in [0.25, 0.3) is 5.91 Å². The Labute approximate surface area is 122 Å². The number of hydrogen-bond acceptors (Lipinski definition) is 4. The number of benzene rings is 1. The molecule has 1 saturated heterocycles. The van der Waals surface area contributed by atoms with E-state index in [0.29, 0.717) is 0 Å². The van der Waals surface area contributed by atoms with Gasteiger partial charge in [0.1, 0.15) is 0 Å². The molecule has 2 N–H and O–H groups in total. The van der Waals surface area contributed by atoms with E-state index >= 15 is 0 Å². The predicted octanol–water partition coefficient (Wildman–Crippen LogP) is 0.883. The monoisotopic (exact) mass is 319 g/mol. The van der Waals surface area contributed by atoms with Gasteiger partial charge >= 0.3 is 12.1 Å². The molecule has 0 aromatic heterocycles. The Bertz CT molecular complexity index is 572. The summed E-state index contributed by atoms with van der Waals surface area (Å²) in [5, 5.41) is 18.1. The summed E-state index contributed by atoms with van der Waals surface area (Å²) in [6, 6.07) is 3.86. The molecule has 6 nitrogen and oxygen atoms in total. The number of ether oxygens (including phenoxy) is 1. The Hall–Kier alpha value is -2.13. The highest BCUT2D eigenvalue weighted by molar-refractivity contribution is 6.00. The van der Waals surface area contributed by atoms with E-state index in [1.807, 2.05) is 0 Å². The van der Waals surface area contributed by atoms with Crippen molar-refractivity contribution in [1.82, 2.24) is 0 Å². The van der Waals surface area contributed by atoms with Crippen LogP contribution < -0.4 is 4.90 Å². The maximum Gasteiger partial charge on any atom is 0.416 e. The summed E-state index contributed by atoms with van der Waals surface area (Å²) in [5.74, 6) is -2.44. The second-order valence-corrected chi connectivity index (χ2v) is 4.61. The van der Waals surface area contributed by atoms with E-state index in [0.717, 1.165) is 29.2 Å². The van der Waals surface area contributed by atoms with Crippen molar-refractivity contribution in [2.24, 2.45) is 0 Å². The number of rotatable bonds is 3. The highest BCUT2D eigenvalue weighted by atomic mass is 19.4. The molecule has 2 atom stereocenters. The molecule has 2 rings (SSSR count). The van der Waals surface area contributed by atoms with Gasteiger partial charge in [-0.05, 0) is 24.3 Å². The fraction of sp³-hybridized carbons (Fsp3) is 0.385. The third-order valence-corrected chi connectivity index (χ3v) is 3.17. The summed E-state index contributed by atoms with van der Waals surface area (Å²) in [6.07, 6.45) is -8.12. The zero-order valence-corrected chi connectivity index (χ0v) is 11.1. The molecule has 0 spiro atoms. The number of amides is 1. The number of carboxylic acids is 1. The van der Waals surface area contributed by atoms with Crippen molar-refractivity contribution in [3.05, 3.63) is 29.8 Å². The SMILES string of the molecule is O=C(O)[C@H](O)[C@H]1OCCN(c2ccc(C(F)(F)F)cc2)C1=O. The van der Waals surface area contributed by atoms with Gasteiger partial charge in [0, 0.05) is 12.2 Å². The molecule has 1 amide bonds. The quantitative estimate of drug-likeness (QED) is 0.864. The number of anilines is 1. The summed E-state index contributed by atoms with van der Waals surface area (Å²) in [4.78, 5) is 23.9. The maximum absolute atomic E-state index is 12.5. The molecule has 1 fully saturated rings. The molecule has 0 saturated carbocycles. The number of nitrogens with zero attached hydrogens (tertiary/aromatic N) is 1. The smallest absolute Gasteiger partial charge is 0.416 e. The van der Waals surface area contributed by atoms with Crippen molar-refractivity contribution in [2.75, 3.05) is 18.1 Å². The Morgan fingerprint density at radius 3 is 2.41 bits per heavy atom. The number of alkyl halides is 3. The lowest BCUT2D eigenvalue weighted by Gasteiger charge is -2.33. The van der Waals surface area contributed by atoms with Crippen molar-refractivity contribution in [1.29, 1.82) is 0 Å². The molecular formula is C13H12F3NO5. The van der Waals surface area contributed by atoms with E-state index in [9.17, 15) is 27.9 Å². The Kier molecular flexibility index (Phi) is 4.38. The van der Waals surface area contributed by atoms with Crippen LogP contribution in [0.3, 0.4) is 0 Å². The lowest BCUT2D eigenvalue weighted by Crippen LogP contribution is -2.54. The minimum absolute atomic E-state index is 0.0399. The normalized spacial score (nSPS) is 20.8. The van der Waals surface area contributed by atoms with Gasteiger partial charge in [0.15, 0.2) is 12.2 Å². The first-order valence-corrected chi connectivity index (χ1v) is 6.23. The Morgan fingerprint density at radius 1 is 1.32 bits per heavy atom. The van der Waals surface area contributed by atoms with Gasteiger partial charge in [0.05, 0.1) is 12.2 Å². The zero-order chi connectivity index (χ0) is 16.5. The van der Waals surface area contributed by atoms with E-state index in [-0.39, 0.29) is 18.8 Å². The van der Waals surface area contributed by atoms with Gasteiger partial charge in [-0.2, -0.15) is 13.2 Å². The summed E-state index contributed by atoms with van der Waals surface area (Å²) in [5.41, 5.74) is -0.692. The topological polar surface area (TPSA) is 87.1 Å². The summed E-state index contributed by atoms with van der Waals surface area (Å²) in [7, 11) is 0. The number of carbonyl (C=O) groups excluding carboxylic acids is 1. The van der Waals surface area contributed by atoms with Crippen LogP contribution in [0.25, 0.3) is 0 Å². The van der Waals surface area contributed by atoms with Crippen LogP contribution in [-0.4, -0.2) is 47.4 Å². The van der Waals surface area contributed by atoms with Crippen molar-refractivity contribution in [3.8, 4) is 0 Å². The van der Waals surface area contributed by atoms with E-state index in [1.165, 1.54) is 0 Å². The molecule has 0 aliphatic carbocycles. The lowest BCUT2D eigenvalue weighted by molar-refractivity contribution is -0.163. The standard InChI is InChI=1S/C13H12F3NO5/c14-13(15,16)7-1-3-8(4-2-7)17-5-6-22-10(11(17)19)9(18)12(20)21/h1-4,9-10,18H,5-6H2,(H,20,21)/t9-,10-/m1/s1. The number of morpholine rings is 1. The molecule has 1 heterocycles. The molecule has 120 valence electrons. The number of aliphatic hydroxyl groups is 1. The molecule has 0 unspecified atom stereocenters. The third-order valence-electron chi connectivity index (χ3n) is 3.17. The van der Waals surface area contributed by atoms with Crippen LogP contribution in [0.15, 0.2) is 24.3 Å². The number of aliphatic hydroxyl groups excluding tert-OH is 1. The van der Waals surface area contributed by atoms with E-state index < -0.39 is 35.8 Å². The lowest BCUT2D eigenvalue weighted by atomic mass is 10.1. The highest BCUT2D eigenvalue weighted by Crippen LogP contribution is 2.31. The summed E-state index contributed by atoms with van der Waals surface area (Å²) < 4.78 is 42.4. The second-order valence-electron chi connectivity index (χ2n) is 4.61. The predicted molar refractivity (Wildman–Crippen MR) is 67.2 cm³/mol. The summed E-state index contributed by atoms with van der Waals surface area (Å²) in [6.45, 7) is 0.00874. The fourth-order valence-electron chi connectivity index (χ4n) is 2.05. The minimum Gasteiger partial charge on any atom is -0.479 e. The molecule has 9 heteroatoms. The van der Waals surface area contributed by atoms with E-state index in [4.69, 9.17) is 9.84 Å². The first-order valence-electron chi connectivity index (χ1n) is 6.23. The molecule has 1 aromatic rings. The molecule has 1 aromatic carbocycles. The minimum atomic E-state index is -4.49. The van der Waals surface area contributed by atoms with Crippen LogP contribution in [0, 0.1) is 0 Å². The van der Waals surface area contributed by atoms with Crippen LogP contribution in [-0.2, 0) is 20.5 Å². The Morgan fingerprint density at radius 2 is 1.91 bits per heavy atom. The largest absolute Gasteiger partial charge is 0.479 e. The van der Waals surface area contributed by atoms with Crippen LogP contribution in [0.2, 0.25) is 0 Å². The van der Waals surface area contributed by atoms with Crippen molar-refractivity contribution < 1.29 is 37.7 Å². The van der Waals surface area contributed by atoms with Crippen molar-refractivity contribution in [2.45, 2.75) is 18.4 Å². The van der Waals surface area contributed by atoms with Gasteiger partial charge in [0.2, 0.25) is 0 Å². The van der Waals surface area contributed by atoms with Crippen LogP contribution in [0.4, 0.5) is 18.9 Å². The molecule has 0 radical (unpaired) electrons. The van der Waals surface area contributed by atoms with Gasteiger partial charge in [-0.3, -0.25) is 4.79 Å². The van der Waals surface area contributed by atoms with Gasteiger partial charge in [-0.1, -0.05) is 0 Å². The van der Waals surface area contributed by atoms with Gasteiger partial charge in [-0.15, -0.1) is 0 Å². The first-order chi connectivity index (χ1) is 10.2. The van der Waals surface area contributed by atoms with Gasteiger partial charge in [-0.25, -0.2) is 4.79 Å². The van der Waals surface area contributed by atoms with Crippen LogP contribution in [0.5, 0.6) is 0 Å². The number of aliphatic carboxylic acids is 1. The molecule has 22 heavy (non-hydrogen) atoms. The van der Waals surface area contributed by atoms with Crippen LogP contribution >= 0.6 is 0 Å². The van der Waals surface area contributed by atoms with Crippen molar-refractivity contribution in [3.63, 3.8) is 0 Å². The number of hydrogen-bond donors (Lipinski definition) is 2. The number of carboxylic acid groups (broad SMARTS) is 1. The summed E-state index contributed by atoms with van der Waals surface area (Å²) >= 11 is 0. The molecule has 0 bridgehead atoms. The second kappa shape index (κ2) is 5.93. The Balaban J connectivity index is 2.21. The van der Waals surface area contributed by atoms with E-state index in [1.54, 1.807) is 0 Å². The third kappa shape index (κ3) is 3.20. The molecular weight excluding hydrogens is 307 g/mol. The average Bonchev–Trinajstić information content (AvgIpc) is 2.46. The van der Waals surface area contributed by atoms with Crippen LogP contribution in [0.1, 0.15) is 5.56 Å². The number of carbonyl (C=O) groups is 2. The molecule has 1 aliphatic heterocycles. The highest BCUT2D eigenvalue weighted by Gasteiger charge is 2.39. The number of halogens is 3. The van der Waals surface area contributed by atoms with E-state index in [2.05, 4.69) is 0 Å². The zero-order valence-electron chi connectivity index (χ0n) is 11.1. The average molecular weight is 319 g/mol. The van der Waals surface area contributed by atoms with Gasteiger partial charge < -0.3 is 19.8 Å². The first kappa shape index (κ1) is 16.2. The fourth-order valence-corrected chi connectivity index (χ4v) is 2.05. The van der Waals surface area contributed by atoms with Crippen molar-refractivity contribution >= 4 is 17.6 Å². The maximum atomic E-state index is 12.5.